The molecule has 5 aliphatic carbocycles. The summed E-state index contributed by atoms with van der Waals surface area (Å²) in [4.78, 5) is 12.5. The van der Waals surface area contributed by atoms with Gasteiger partial charge in [0.1, 0.15) is 73.4 Å². The molecule has 9 aliphatic rings. The fourth-order valence-corrected chi connectivity index (χ4v) is 16.2. The molecule has 0 aromatic rings. The van der Waals surface area contributed by atoms with Gasteiger partial charge >= 0.3 is 0 Å². The van der Waals surface area contributed by atoms with Crippen LogP contribution in [0.5, 0.6) is 0 Å². The third-order valence-corrected chi connectivity index (χ3v) is 20.2. The Morgan fingerprint density at radius 3 is 1.85 bits per heavy atom. The first-order valence-electron chi connectivity index (χ1n) is 24.2. The van der Waals surface area contributed by atoms with Crippen LogP contribution in [-0.2, 0) is 38.0 Å². The Kier molecular flexibility index (Phi) is 12.7. The van der Waals surface area contributed by atoms with Crippen molar-refractivity contribution in [3.8, 4) is 0 Å². The van der Waals surface area contributed by atoms with Crippen molar-refractivity contribution in [1.82, 2.24) is 0 Å². The number of carbonyl (C=O) groups is 1. The zero-order valence-corrected chi connectivity index (χ0v) is 38.7. The van der Waals surface area contributed by atoms with Crippen molar-refractivity contribution in [2.45, 2.75) is 210 Å². The lowest BCUT2D eigenvalue weighted by molar-refractivity contribution is -0.383. The van der Waals surface area contributed by atoms with Crippen molar-refractivity contribution in [2.24, 2.45) is 50.2 Å². The van der Waals surface area contributed by atoms with Crippen LogP contribution >= 0.6 is 0 Å². The first kappa shape index (κ1) is 49.0. The van der Waals surface area contributed by atoms with E-state index in [4.69, 9.17) is 33.2 Å². The molecule has 9 rings (SSSR count). The highest BCUT2D eigenvalue weighted by Gasteiger charge is 2.80. The summed E-state index contributed by atoms with van der Waals surface area (Å²) in [5, 5.41) is 108. The molecule has 9 fully saturated rings. The fourth-order valence-electron chi connectivity index (χ4n) is 16.2. The highest BCUT2D eigenvalue weighted by atomic mass is 16.8. The molecule has 0 amide bonds. The van der Waals surface area contributed by atoms with E-state index in [1.807, 2.05) is 0 Å². The third-order valence-electron chi connectivity index (χ3n) is 20.2. The molecule has 0 aromatic carbocycles. The number of carbonyl (C=O) groups excluding carboxylic acids is 1. The van der Waals surface area contributed by atoms with E-state index in [1.165, 1.54) is 0 Å². The van der Waals surface area contributed by atoms with Gasteiger partial charge in [-0.3, -0.25) is 0 Å². The lowest BCUT2D eigenvalue weighted by Gasteiger charge is -2.75. The average Bonchev–Trinajstić information content (AvgIpc) is 3.55. The van der Waals surface area contributed by atoms with Crippen LogP contribution in [-0.4, -0.2) is 188 Å². The van der Waals surface area contributed by atoms with Crippen LogP contribution in [0.3, 0.4) is 0 Å². The third kappa shape index (κ3) is 7.00. The maximum atomic E-state index is 12.5. The summed E-state index contributed by atoms with van der Waals surface area (Å²) in [5.41, 5.74) is -2.30. The van der Waals surface area contributed by atoms with Gasteiger partial charge in [0.15, 0.2) is 18.9 Å². The monoisotopic (exact) mass is 929 g/mol. The molecule has 10 N–H and O–H groups in total. The number of fused-ring (bicyclic) bond motifs is 4. The van der Waals surface area contributed by atoms with Crippen molar-refractivity contribution in [2.75, 3.05) is 26.4 Å². The number of hydrogen-bond acceptors (Lipinski definition) is 18. The van der Waals surface area contributed by atoms with Gasteiger partial charge in [-0.15, -0.1) is 0 Å². The molecule has 4 heterocycles. The fraction of sp³-hybridized carbons (Fsp3) is 0.979. The minimum atomic E-state index is -1.82. The normalized spacial score (nSPS) is 58.5. The number of rotatable bonds is 9. The molecule has 372 valence electrons. The predicted octanol–water partition coefficient (Wildman–Crippen LogP) is -0.357. The summed E-state index contributed by atoms with van der Waals surface area (Å²) < 4.78 is 43.7. The Morgan fingerprint density at radius 2 is 1.23 bits per heavy atom. The van der Waals surface area contributed by atoms with E-state index in [0.29, 0.717) is 25.4 Å². The van der Waals surface area contributed by atoms with E-state index < -0.39 is 128 Å². The van der Waals surface area contributed by atoms with Crippen molar-refractivity contribution < 1.29 is 89.0 Å². The van der Waals surface area contributed by atoms with Crippen molar-refractivity contribution in [3.63, 3.8) is 0 Å². The second-order valence-corrected chi connectivity index (χ2v) is 23.4. The van der Waals surface area contributed by atoms with Gasteiger partial charge in [0.2, 0.25) is 0 Å². The molecule has 18 heteroatoms. The molecule has 0 aromatic heterocycles. The van der Waals surface area contributed by atoms with Gasteiger partial charge in [-0.1, -0.05) is 41.5 Å². The molecule has 2 bridgehead atoms. The van der Waals surface area contributed by atoms with E-state index >= 15 is 0 Å². The van der Waals surface area contributed by atoms with Gasteiger partial charge < -0.3 is 89.0 Å². The number of ether oxygens (including phenoxy) is 7. The van der Waals surface area contributed by atoms with Crippen molar-refractivity contribution in [1.29, 1.82) is 0 Å². The van der Waals surface area contributed by atoms with E-state index in [-0.39, 0.29) is 40.1 Å². The van der Waals surface area contributed by atoms with Crippen LogP contribution in [0.15, 0.2) is 0 Å². The first-order chi connectivity index (χ1) is 30.5. The Balaban J connectivity index is 0.963. The van der Waals surface area contributed by atoms with Crippen LogP contribution in [0.1, 0.15) is 106 Å². The Morgan fingerprint density at radius 1 is 0.615 bits per heavy atom. The zero-order chi connectivity index (χ0) is 47.0. The summed E-state index contributed by atoms with van der Waals surface area (Å²) in [6, 6.07) is 0. The standard InChI is InChI=1S/C47H76O18/c1-41(2)25-7-11-44(5)26(8-12-47-27-15-42(3,20-50)13-14-46(27,21-60-47)28(51)16-45(44,47)6)43(25,4)10-9-29(41)64-40-37(65-39-36(58)34(56)31(53)23(18-49)62-39)32(54)24(19-59-40)63-38-35(57)33(55)30(52)22(17-48)61-38/h20,22-40,48-49,51-58H,7-19,21H2,1-6H3/t22-,23-,24+,25+,26-,27-,28-,29+,30-,31-,32+,33+,34+,35-,36-,37-,38+,39+,40+,42+,43-,44-,45+,46-,47+/m1/s1. The lowest BCUT2D eigenvalue weighted by atomic mass is 9.30. The second kappa shape index (κ2) is 16.8. The highest BCUT2D eigenvalue weighted by Crippen LogP contribution is 2.80. The van der Waals surface area contributed by atoms with Gasteiger partial charge in [0.05, 0.1) is 44.2 Å². The smallest absolute Gasteiger partial charge is 0.187 e. The Hall–Kier alpha value is -1.01. The SMILES string of the molecule is CC1(C)[C@@H](O[C@@H]2OC[C@H](O[C@@H]3O[C@H](CO)[C@@H](O)[C@H](O)[C@H]3O)[C@H](O)[C@H]2O[C@@H]2O[C@H](CO)[C@@H](O)[C@H](O)[C@H]2O)CC[C@@]2(C)[C@H]3CC[C@]45OC[C@@]6(CC[C@](C)(C=O)C[C@H]64)[C@H](O)C[C@@]5(C)[C@]3(C)CC[C@@H]12. The van der Waals surface area contributed by atoms with Crippen LogP contribution < -0.4 is 0 Å². The van der Waals surface area contributed by atoms with Gasteiger partial charge in [-0.25, -0.2) is 0 Å². The zero-order valence-electron chi connectivity index (χ0n) is 38.7. The van der Waals surface area contributed by atoms with Crippen LogP contribution in [0.4, 0.5) is 0 Å². The maximum Gasteiger partial charge on any atom is 0.187 e. The molecule has 65 heavy (non-hydrogen) atoms. The minimum absolute atomic E-state index is 0.0998. The van der Waals surface area contributed by atoms with Gasteiger partial charge in [0, 0.05) is 16.2 Å². The second-order valence-electron chi connectivity index (χ2n) is 23.4. The molecule has 25 atom stereocenters. The van der Waals surface area contributed by atoms with Gasteiger partial charge in [0.25, 0.3) is 0 Å². The molecule has 4 aliphatic heterocycles. The summed E-state index contributed by atoms with van der Waals surface area (Å²) in [7, 11) is 0. The highest BCUT2D eigenvalue weighted by molar-refractivity contribution is 5.59. The van der Waals surface area contributed by atoms with Crippen molar-refractivity contribution in [3.05, 3.63) is 0 Å². The summed E-state index contributed by atoms with van der Waals surface area (Å²) in [6.45, 7) is 12.5. The van der Waals surface area contributed by atoms with E-state index in [9.17, 15) is 55.9 Å². The predicted molar refractivity (Wildman–Crippen MR) is 224 cm³/mol. The molecule has 0 radical (unpaired) electrons. The molecular weight excluding hydrogens is 852 g/mol. The maximum absolute atomic E-state index is 12.5. The quantitative estimate of drug-likeness (QED) is 0.104. The molecular formula is C47H76O18. The number of aldehydes is 1. The van der Waals surface area contributed by atoms with Crippen molar-refractivity contribution >= 4 is 6.29 Å². The van der Waals surface area contributed by atoms with Crippen LogP contribution in [0.2, 0.25) is 0 Å². The van der Waals surface area contributed by atoms with Crippen LogP contribution in [0, 0.1) is 50.2 Å². The molecule has 1 spiro atoms. The summed E-state index contributed by atoms with van der Waals surface area (Å²) >= 11 is 0. The molecule has 0 unspecified atom stereocenters. The minimum Gasteiger partial charge on any atom is -0.394 e. The van der Waals surface area contributed by atoms with Gasteiger partial charge in [-0.2, -0.15) is 0 Å². The summed E-state index contributed by atoms with van der Waals surface area (Å²) in [5.74, 6) is 0.572. The van der Waals surface area contributed by atoms with Gasteiger partial charge in [-0.05, 0) is 98.2 Å². The lowest BCUT2D eigenvalue weighted by Crippen LogP contribution is -2.74. The number of aliphatic hydroxyl groups excluding tert-OH is 10. The van der Waals surface area contributed by atoms with E-state index in [1.54, 1.807) is 0 Å². The molecule has 18 nitrogen and oxygen atoms in total. The molecule has 4 saturated heterocycles. The Labute approximate surface area is 380 Å². The number of hydrogen-bond donors (Lipinski definition) is 10. The topological polar surface area (TPSA) is 284 Å². The molecule has 5 saturated carbocycles. The van der Waals surface area contributed by atoms with E-state index in [2.05, 4.69) is 41.5 Å². The first-order valence-corrected chi connectivity index (χ1v) is 24.2. The van der Waals surface area contributed by atoms with Crippen LogP contribution in [0.25, 0.3) is 0 Å². The largest absolute Gasteiger partial charge is 0.394 e. The average molecular weight is 929 g/mol. The number of aliphatic hydroxyl groups is 10. The summed E-state index contributed by atoms with van der Waals surface area (Å²) in [6.07, 6.45) is -13.9. The Bertz CT molecular complexity index is 1750. The van der Waals surface area contributed by atoms with E-state index in [0.717, 1.165) is 57.7 Å².